The molecule has 94 valence electrons. The van der Waals surface area contributed by atoms with Crippen LogP contribution in [0.2, 0.25) is 0 Å². The van der Waals surface area contributed by atoms with Gasteiger partial charge in [-0.3, -0.25) is 0 Å². The van der Waals surface area contributed by atoms with Crippen LogP contribution in [0.15, 0.2) is 0 Å². The molecule has 0 heterocycles. The topological polar surface area (TPSA) is 0 Å². The van der Waals surface area contributed by atoms with E-state index in [1.54, 1.807) is 6.92 Å². The Balaban J connectivity index is -0.00000000707. The predicted molar refractivity (Wildman–Crippen MR) is 81.3 cm³/mol. The van der Waals surface area contributed by atoms with Crippen molar-refractivity contribution in [2.45, 2.75) is 84.0 Å². The standard InChI is InChI=1S/2C3H8.C2H6.4CH4.H3P/c2*1-3-2;1-2;;;;;/h2*3H2,1-2H3;1-2H3;4*1H4;1H3/i1D;;1T;;;;;. The first-order chi connectivity index (χ1) is 4.74. The molecule has 0 saturated carbocycles. The van der Waals surface area contributed by atoms with Crippen LogP contribution < -0.4 is 0 Å². The number of hydrogen-bond donors (Lipinski definition) is 0. The maximum atomic E-state index is 6.45. The zero-order valence-corrected chi connectivity index (χ0v) is 8.95. The molecule has 0 fully saturated rings. The average Bonchev–Trinajstić information content (AvgIpc) is 1.91. The van der Waals surface area contributed by atoms with E-state index in [1.165, 1.54) is 6.42 Å². The first-order valence-corrected chi connectivity index (χ1v) is 3.33. The van der Waals surface area contributed by atoms with Gasteiger partial charge in [0.25, 0.3) is 0 Å². The summed E-state index contributed by atoms with van der Waals surface area (Å²) in [7, 11) is 0. The smallest absolute Gasteiger partial charge is 0.0230 e. The molecule has 0 radical (unpaired) electrons. The molecular weight excluding hydrogens is 175 g/mol. The lowest BCUT2D eigenvalue weighted by Gasteiger charge is -1.48. The first kappa shape index (κ1) is 37.6. The van der Waals surface area contributed by atoms with Crippen molar-refractivity contribution in [2.75, 3.05) is 0 Å². The van der Waals surface area contributed by atoms with Crippen LogP contribution in [0.25, 0.3) is 0 Å². The van der Waals surface area contributed by atoms with Crippen molar-refractivity contribution < 1.29 is 2.74 Å². The SMILES string of the molecule is C.C.C.C.CCC.P.[2H]CCC.[3H]CC. The minimum Gasteiger partial charge on any atom is -0.153 e. The average molecular weight is 219 g/mol. The van der Waals surface area contributed by atoms with Crippen LogP contribution >= 0.6 is 9.90 Å². The summed E-state index contributed by atoms with van der Waals surface area (Å²) in [6.45, 7) is 9.10. The van der Waals surface area contributed by atoms with Gasteiger partial charge in [-0.25, -0.2) is 0 Å². The summed E-state index contributed by atoms with van der Waals surface area (Å²) >= 11 is 0. The summed E-state index contributed by atoms with van der Waals surface area (Å²) < 4.78 is 12.7. The van der Waals surface area contributed by atoms with Crippen molar-refractivity contribution in [1.82, 2.24) is 0 Å². The highest BCUT2D eigenvalue weighted by molar-refractivity contribution is 6.92. The minimum absolute atomic E-state index is 0. The fourth-order valence-electron chi connectivity index (χ4n) is 0. The van der Waals surface area contributed by atoms with E-state index in [0.29, 0.717) is 13.8 Å². The van der Waals surface area contributed by atoms with Gasteiger partial charge < -0.3 is 0 Å². The van der Waals surface area contributed by atoms with Crippen LogP contribution in [0.1, 0.15) is 86.8 Å². The molecule has 0 nitrogen and oxygen atoms in total. The number of rotatable bonds is 0. The largest absolute Gasteiger partial charge is 0.153 e. The molecule has 1 atom stereocenters. The van der Waals surface area contributed by atoms with Gasteiger partial charge in [0, 0.05) is 2.74 Å². The Hall–Kier alpha value is 0.430. The Kier molecular flexibility index (Phi) is 795. The molecule has 1 heteroatoms. The molecule has 0 aromatic heterocycles. The van der Waals surface area contributed by atoms with E-state index in [0.717, 1.165) is 6.42 Å². The molecule has 1 unspecified atom stereocenters. The highest BCUT2D eigenvalue weighted by atomic mass is 31.0. The summed E-state index contributed by atoms with van der Waals surface area (Å²) in [5.74, 6) is 0. The van der Waals surface area contributed by atoms with Crippen molar-refractivity contribution in [1.29, 1.82) is 0 Å². The molecule has 0 aromatic rings. The molecule has 0 spiro atoms. The van der Waals surface area contributed by atoms with Crippen LogP contribution in [0.5, 0.6) is 0 Å². The third-order valence-corrected chi connectivity index (χ3v) is 0. The second kappa shape index (κ2) is 275. The summed E-state index contributed by atoms with van der Waals surface area (Å²) in [5, 5.41) is 0. The third-order valence-electron chi connectivity index (χ3n) is 0. The van der Waals surface area contributed by atoms with Crippen LogP contribution in [-0.4, -0.2) is 0 Å². The van der Waals surface area contributed by atoms with Gasteiger partial charge in [-0.05, 0) is 0 Å². The lowest BCUT2D eigenvalue weighted by atomic mass is 10.6. The summed E-state index contributed by atoms with van der Waals surface area (Å²) in [5.41, 5.74) is 0. The van der Waals surface area contributed by atoms with Crippen molar-refractivity contribution in [3.63, 3.8) is 0 Å². The molecule has 0 bridgehead atoms. The monoisotopic (exact) mass is 219 g/mol. The molecule has 0 rings (SSSR count). The van der Waals surface area contributed by atoms with Gasteiger partial charge in [-0.1, -0.05) is 84.0 Å². The zero-order valence-electron chi connectivity index (χ0n) is 9.54. The lowest BCUT2D eigenvalue weighted by molar-refractivity contribution is 1.09. The Morgan fingerprint density at radius 2 is 1.08 bits per heavy atom. The van der Waals surface area contributed by atoms with E-state index in [-0.39, 0.29) is 39.6 Å². The maximum absolute atomic E-state index is 6.45. The van der Waals surface area contributed by atoms with E-state index in [9.17, 15) is 0 Å². The Bertz CT molecular complexity index is 25.6. The summed E-state index contributed by atoms with van der Waals surface area (Å²) in [6.07, 6.45) is 2.24. The zero-order chi connectivity index (χ0) is 8.83. The van der Waals surface area contributed by atoms with Crippen LogP contribution in [0.3, 0.4) is 0 Å². The third kappa shape index (κ3) is 7310. The van der Waals surface area contributed by atoms with Gasteiger partial charge in [-0.2, -0.15) is 9.90 Å². The van der Waals surface area contributed by atoms with Crippen LogP contribution in [-0.2, 0) is 0 Å². The van der Waals surface area contributed by atoms with E-state index >= 15 is 0 Å². The first-order valence-electron chi connectivity index (χ1n) is 4.74. The van der Waals surface area contributed by atoms with Crippen molar-refractivity contribution in [3.8, 4) is 0 Å². The van der Waals surface area contributed by atoms with E-state index < -0.39 is 0 Å². The molecule has 0 amide bonds. The highest BCUT2D eigenvalue weighted by Gasteiger charge is 1.36. The fourth-order valence-corrected chi connectivity index (χ4v) is 0. The highest BCUT2D eigenvalue weighted by Crippen LogP contribution is 1.56. The minimum atomic E-state index is 0. The molecule has 0 aliphatic rings. The van der Waals surface area contributed by atoms with E-state index in [4.69, 9.17) is 2.74 Å². The van der Waals surface area contributed by atoms with E-state index in [2.05, 4.69) is 13.8 Å². The van der Waals surface area contributed by atoms with Gasteiger partial charge in [0.05, 0.1) is 0 Å². The Morgan fingerprint density at radius 3 is 1.08 bits per heavy atom. The van der Waals surface area contributed by atoms with Gasteiger partial charge >= 0.3 is 0 Å². The molecule has 0 aliphatic heterocycles. The normalized spacial score (nSPS) is 5.23. The molecule has 13 heavy (non-hydrogen) atoms. The second-order valence-corrected chi connectivity index (χ2v) is 1.21. The van der Waals surface area contributed by atoms with Crippen molar-refractivity contribution in [2.24, 2.45) is 0 Å². The summed E-state index contributed by atoms with van der Waals surface area (Å²) in [4.78, 5) is 0. The van der Waals surface area contributed by atoms with Crippen molar-refractivity contribution in [3.05, 3.63) is 0 Å². The van der Waals surface area contributed by atoms with E-state index in [1.807, 2.05) is 6.92 Å². The number of hydrogen-bond acceptors (Lipinski definition) is 0. The van der Waals surface area contributed by atoms with Gasteiger partial charge in [0.15, 0.2) is 0 Å². The summed E-state index contributed by atoms with van der Waals surface area (Å²) in [6, 6.07) is 0. The quantitative estimate of drug-likeness (QED) is 0.410. The molecular formula is C12H41P. The molecule has 0 aromatic carbocycles. The molecule has 0 N–H and O–H groups in total. The van der Waals surface area contributed by atoms with Crippen LogP contribution in [0.4, 0.5) is 0 Å². The Morgan fingerprint density at radius 1 is 1.00 bits per heavy atom. The molecule has 0 saturated heterocycles. The molecule has 0 aliphatic carbocycles. The lowest BCUT2D eigenvalue weighted by Crippen LogP contribution is -1.27. The van der Waals surface area contributed by atoms with Gasteiger partial charge in [0.1, 0.15) is 0 Å². The second-order valence-electron chi connectivity index (χ2n) is 1.21. The fraction of sp³-hybridized carbons (Fsp3) is 1.00. The van der Waals surface area contributed by atoms with Gasteiger partial charge in [0.2, 0.25) is 0 Å². The predicted octanol–water partition coefficient (Wildman–Crippen LogP) is 6.46. The maximum Gasteiger partial charge on any atom is 0.0230 e. The van der Waals surface area contributed by atoms with Crippen LogP contribution in [0, 0.1) is 0 Å². The Labute approximate surface area is 97.3 Å². The van der Waals surface area contributed by atoms with Gasteiger partial charge in [-0.15, -0.1) is 0 Å². The van der Waals surface area contributed by atoms with Crippen molar-refractivity contribution >= 4 is 9.90 Å².